The zero-order chi connectivity index (χ0) is 18.4. The van der Waals surface area contributed by atoms with E-state index in [1.54, 1.807) is 23.4 Å². The Bertz CT molecular complexity index is 708. The lowest BCUT2D eigenvalue weighted by molar-refractivity contribution is 0.0175. The number of aliphatic hydroxyl groups excluding tert-OH is 1. The molecule has 3 rings (SSSR count). The maximum absolute atomic E-state index is 12.2. The van der Waals surface area contributed by atoms with E-state index in [0.29, 0.717) is 25.5 Å². The number of likely N-dealkylation sites (tertiary alicyclic amines) is 1. The minimum Gasteiger partial charge on any atom is -0.445 e. The van der Waals surface area contributed by atoms with Gasteiger partial charge in [0.25, 0.3) is 0 Å². The van der Waals surface area contributed by atoms with Crippen LogP contribution >= 0.6 is 0 Å². The second kappa shape index (κ2) is 8.62. The van der Waals surface area contributed by atoms with E-state index in [-0.39, 0.29) is 25.2 Å². The molecule has 0 radical (unpaired) electrons. The number of rotatable bonds is 5. The molecule has 0 spiro atoms. The minimum absolute atomic E-state index is 0.0416. The van der Waals surface area contributed by atoms with Gasteiger partial charge >= 0.3 is 6.09 Å². The summed E-state index contributed by atoms with van der Waals surface area (Å²) in [6.45, 7) is 3.65. The van der Waals surface area contributed by atoms with E-state index in [9.17, 15) is 9.90 Å². The van der Waals surface area contributed by atoms with Crippen LogP contribution in [0.4, 0.5) is 10.7 Å². The molecule has 2 atom stereocenters. The molecule has 0 saturated carbocycles. The highest BCUT2D eigenvalue weighted by Crippen LogP contribution is 2.19. The first-order chi connectivity index (χ1) is 12.6. The highest BCUT2D eigenvalue weighted by Gasteiger charge is 2.30. The number of carbonyl (C=O) groups is 1. The first-order valence-electron chi connectivity index (χ1n) is 8.78. The van der Waals surface area contributed by atoms with Gasteiger partial charge in [0.1, 0.15) is 6.61 Å². The Morgan fingerprint density at radius 2 is 2.04 bits per heavy atom. The Morgan fingerprint density at radius 3 is 2.73 bits per heavy atom. The Hall–Kier alpha value is -2.67. The molecular formula is C19H24N4O3. The van der Waals surface area contributed by atoms with Crippen molar-refractivity contribution < 1.29 is 14.6 Å². The quantitative estimate of drug-likeness (QED) is 0.854. The number of ether oxygens (including phenoxy) is 1. The highest BCUT2D eigenvalue weighted by molar-refractivity contribution is 5.67. The maximum atomic E-state index is 12.2. The van der Waals surface area contributed by atoms with Crippen molar-refractivity contribution in [2.24, 2.45) is 5.92 Å². The molecule has 2 aromatic rings. The lowest BCUT2D eigenvalue weighted by Crippen LogP contribution is -2.48. The SMILES string of the molecule is Cc1ccc(COC(=O)N2CC[C@@H](CNc3ncccn3)[C@@H](O)C2)cc1. The zero-order valence-electron chi connectivity index (χ0n) is 14.8. The van der Waals surface area contributed by atoms with E-state index >= 15 is 0 Å². The predicted molar refractivity (Wildman–Crippen MR) is 97.6 cm³/mol. The number of benzene rings is 1. The van der Waals surface area contributed by atoms with Gasteiger partial charge < -0.3 is 20.1 Å². The second-order valence-corrected chi connectivity index (χ2v) is 6.56. The number of nitrogens with one attached hydrogen (secondary N) is 1. The predicted octanol–water partition coefficient (Wildman–Crippen LogP) is 2.22. The fourth-order valence-electron chi connectivity index (χ4n) is 2.92. The van der Waals surface area contributed by atoms with Gasteiger partial charge in [-0.3, -0.25) is 0 Å². The van der Waals surface area contributed by atoms with Crippen LogP contribution in [0.2, 0.25) is 0 Å². The van der Waals surface area contributed by atoms with Gasteiger partial charge in [-0.05, 0) is 25.0 Å². The molecule has 26 heavy (non-hydrogen) atoms. The molecule has 1 amide bonds. The summed E-state index contributed by atoms with van der Waals surface area (Å²) in [6, 6.07) is 9.62. The summed E-state index contributed by atoms with van der Waals surface area (Å²) >= 11 is 0. The summed E-state index contributed by atoms with van der Waals surface area (Å²) in [6.07, 6.45) is 3.03. The second-order valence-electron chi connectivity index (χ2n) is 6.56. The molecule has 7 heteroatoms. The van der Waals surface area contributed by atoms with Crippen molar-refractivity contribution in [2.75, 3.05) is 25.0 Å². The Morgan fingerprint density at radius 1 is 1.31 bits per heavy atom. The molecule has 1 aliphatic heterocycles. The van der Waals surface area contributed by atoms with Crippen molar-refractivity contribution in [3.05, 3.63) is 53.9 Å². The number of aliphatic hydroxyl groups is 1. The molecule has 2 N–H and O–H groups in total. The van der Waals surface area contributed by atoms with Crippen molar-refractivity contribution >= 4 is 12.0 Å². The molecular weight excluding hydrogens is 332 g/mol. The van der Waals surface area contributed by atoms with Crippen molar-refractivity contribution in [3.63, 3.8) is 0 Å². The third kappa shape index (κ3) is 4.92. The third-order valence-corrected chi connectivity index (χ3v) is 4.55. The van der Waals surface area contributed by atoms with Crippen molar-refractivity contribution in [1.82, 2.24) is 14.9 Å². The summed E-state index contributed by atoms with van der Waals surface area (Å²) in [7, 11) is 0. The van der Waals surface area contributed by atoms with Crippen molar-refractivity contribution in [1.29, 1.82) is 0 Å². The summed E-state index contributed by atoms with van der Waals surface area (Å²) in [5.74, 6) is 0.583. The average Bonchev–Trinajstić information content (AvgIpc) is 2.67. The summed E-state index contributed by atoms with van der Waals surface area (Å²) in [5.41, 5.74) is 2.12. The number of carbonyl (C=O) groups excluding carboxylic acids is 1. The number of amides is 1. The monoisotopic (exact) mass is 356 g/mol. The molecule has 1 aliphatic rings. The maximum Gasteiger partial charge on any atom is 0.410 e. The summed E-state index contributed by atoms with van der Waals surface area (Å²) in [5, 5.41) is 13.5. The van der Waals surface area contributed by atoms with Gasteiger partial charge in [0.05, 0.1) is 12.6 Å². The van der Waals surface area contributed by atoms with Gasteiger partial charge in [0.15, 0.2) is 0 Å². The normalized spacial score (nSPS) is 19.8. The van der Waals surface area contributed by atoms with Crippen LogP contribution in [0.15, 0.2) is 42.7 Å². The van der Waals surface area contributed by atoms with Gasteiger partial charge in [-0.25, -0.2) is 14.8 Å². The van der Waals surface area contributed by atoms with Gasteiger partial charge in [-0.2, -0.15) is 0 Å². The van der Waals surface area contributed by atoms with Crippen LogP contribution in [0.3, 0.4) is 0 Å². The average molecular weight is 356 g/mol. The molecule has 2 heterocycles. The highest BCUT2D eigenvalue weighted by atomic mass is 16.6. The van der Waals surface area contributed by atoms with Crippen molar-refractivity contribution in [3.8, 4) is 0 Å². The largest absolute Gasteiger partial charge is 0.445 e. The summed E-state index contributed by atoms with van der Waals surface area (Å²) in [4.78, 5) is 22.0. The molecule has 1 saturated heterocycles. The van der Waals surface area contributed by atoms with Crippen LogP contribution in [-0.2, 0) is 11.3 Å². The molecule has 1 aromatic carbocycles. The number of piperidine rings is 1. The van der Waals surface area contributed by atoms with E-state index in [1.165, 1.54) is 5.56 Å². The van der Waals surface area contributed by atoms with E-state index in [0.717, 1.165) is 5.56 Å². The van der Waals surface area contributed by atoms with Gasteiger partial charge in [0.2, 0.25) is 5.95 Å². The molecule has 1 fully saturated rings. The van der Waals surface area contributed by atoms with Crippen LogP contribution in [-0.4, -0.2) is 51.8 Å². The van der Waals surface area contributed by atoms with Crippen LogP contribution in [0.25, 0.3) is 0 Å². The minimum atomic E-state index is -0.605. The fourth-order valence-corrected chi connectivity index (χ4v) is 2.92. The first kappa shape index (κ1) is 18.1. The lowest BCUT2D eigenvalue weighted by Gasteiger charge is -2.35. The Balaban J connectivity index is 1.43. The number of nitrogens with zero attached hydrogens (tertiary/aromatic N) is 3. The van der Waals surface area contributed by atoms with E-state index in [4.69, 9.17) is 4.74 Å². The lowest BCUT2D eigenvalue weighted by atomic mass is 9.94. The number of hydrogen-bond donors (Lipinski definition) is 2. The number of aryl methyl sites for hydroxylation is 1. The third-order valence-electron chi connectivity index (χ3n) is 4.55. The van der Waals surface area contributed by atoms with E-state index in [2.05, 4.69) is 15.3 Å². The molecule has 1 aromatic heterocycles. The van der Waals surface area contributed by atoms with Gasteiger partial charge in [-0.1, -0.05) is 29.8 Å². The summed E-state index contributed by atoms with van der Waals surface area (Å²) < 4.78 is 5.36. The van der Waals surface area contributed by atoms with E-state index < -0.39 is 6.10 Å². The van der Waals surface area contributed by atoms with Crippen LogP contribution < -0.4 is 5.32 Å². The fraction of sp³-hybridized carbons (Fsp3) is 0.421. The van der Waals surface area contributed by atoms with Crippen LogP contribution in [0.5, 0.6) is 0 Å². The van der Waals surface area contributed by atoms with Gasteiger partial charge in [0, 0.05) is 31.4 Å². The van der Waals surface area contributed by atoms with Crippen LogP contribution in [0.1, 0.15) is 17.5 Å². The number of β-amino-alcohol motifs (C(OH)–C–C–N with tert-alkyl or cyclic N) is 1. The topological polar surface area (TPSA) is 87.6 Å². The molecule has 0 unspecified atom stereocenters. The standard InChI is InChI=1S/C19H24N4O3/c1-14-3-5-15(6-4-14)13-26-19(25)23-10-7-16(17(24)12-23)11-22-18-20-8-2-9-21-18/h2-6,8-9,16-17,24H,7,10-13H2,1H3,(H,20,21,22)/t16-,17-/m0/s1. The molecule has 7 nitrogen and oxygen atoms in total. The molecule has 138 valence electrons. The Kier molecular flexibility index (Phi) is 6.01. The van der Waals surface area contributed by atoms with E-state index in [1.807, 2.05) is 31.2 Å². The van der Waals surface area contributed by atoms with Crippen molar-refractivity contribution in [2.45, 2.75) is 26.1 Å². The first-order valence-corrected chi connectivity index (χ1v) is 8.78. The number of aromatic nitrogens is 2. The Labute approximate surface area is 153 Å². The molecule has 0 bridgehead atoms. The smallest absolute Gasteiger partial charge is 0.410 e. The zero-order valence-corrected chi connectivity index (χ0v) is 14.8. The van der Waals surface area contributed by atoms with Gasteiger partial charge in [-0.15, -0.1) is 0 Å². The number of hydrogen-bond acceptors (Lipinski definition) is 6. The molecule has 0 aliphatic carbocycles. The number of anilines is 1. The van der Waals surface area contributed by atoms with Crippen LogP contribution in [0, 0.1) is 12.8 Å².